The minimum absolute atomic E-state index is 0.158. The summed E-state index contributed by atoms with van der Waals surface area (Å²) >= 11 is 1.61. The van der Waals surface area contributed by atoms with Crippen molar-refractivity contribution in [3.63, 3.8) is 0 Å². The number of amides is 1. The molecule has 2 N–H and O–H groups in total. The molecule has 0 bridgehead atoms. The van der Waals surface area contributed by atoms with Gasteiger partial charge in [0.15, 0.2) is 0 Å². The Labute approximate surface area is 161 Å². The molecule has 7 heteroatoms. The zero-order valence-corrected chi connectivity index (χ0v) is 17.3. The van der Waals surface area contributed by atoms with Crippen LogP contribution in [-0.2, 0) is 14.8 Å². The van der Waals surface area contributed by atoms with E-state index in [1.54, 1.807) is 36.0 Å². The van der Waals surface area contributed by atoms with Crippen molar-refractivity contribution in [2.75, 3.05) is 12.0 Å². The Morgan fingerprint density at radius 1 is 1.15 bits per heavy atom. The summed E-state index contributed by atoms with van der Waals surface area (Å²) in [6, 6.07) is 6.09. The molecule has 1 aromatic carbocycles. The molecule has 2 rings (SSSR count). The third-order valence-electron chi connectivity index (χ3n) is 4.76. The average molecular weight is 399 g/mol. The molecule has 26 heavy (non-hydrogen) atoms. The van der Waals surface area contributed by atoms with Gasteiger partial charge in [0.2, 0.25) is 15.9 Å². The number of thioether (sulfide) groups is 1. The number of aryl methyl sites for hydroxylation is 1. The molecule has 1 aliphatic rings. The van der Waals surface area contributed by atoms with E-state index in [2.05, 4.69) is 10.0 Å². The number of carbonyl (C=O) groups is 1. The van der Waals surface area contributed by atoms with Crippen LogP contribution in [0.2, 0.25) is 0 Å². The van der Waals surface area contributed by atoms with Gasteiger partial charge in [-0.15, -0.1) is 0 Å². The van der Waals surface area contributed by atoms with Crippen LogP contribution in [-0.4, -0.2) is 38.4 Å². The lowest BCUT2D eigenvalue weighted by molar-refractivity contribution is -0.123. The number of nitrogens with one attached hydrogen (secondary N) is 2. The second-order valence-electron chi connectivity index (χ2n) is 6.97. The Morgan fingerprint density at radius 3 is 2.35 bits per heavy atom. The number of sulfonamides is 1. The normalized spacial score (nSPS) is 17.5. The first-order valence-corrected chi connectivity index (χ1v) is 12.2. The molecule has 1 amide bonds. The summed E-state index contributed by atoms with van der Waals surface area (Å²) in [5.41, 5.74) is 0.994. The minimum atomic E-state index is -3.72. The lowest BCUT2D eigenvalue weighted by Gasteiger charge is -2.22. The zero-order valence-electron chi connectivity index (χ0n) is 15.7. The number of carbonyl (C=O) groups excluding carboxylic acids is 1. The Morgan fingerprint density at radius 2 is 1.77 bits per heavy atom. The van der Waals surface area contributed by atoms with Crippen LogP contribution in [0, 0.1) is 6.92 Å². The fourth-order valence-electron chi connectivity index (χ4n) is 3.18. The van der Waals surface area contributed by atoms with Crippen LogP contribution in [0.5, 0.6) is 0 Å². The van der Waals surface area contributed by atoms with Gasteiger partial charge in [0, 0.05) is 6.04 Å². The number of benzene rings is 1. The van der Waals surface area contributed by atoms with E-state index < -0.39 is 16.1 Å². The van der Waals surface area contributed by atoms with Crippen LogP contribution >= 0.6 is 11.8 Å². The summed E-state index contributed by atoms with van der Waals surface area (Å²) in [4.78, 5) is 12.9. The van der Waals surface area contributed by atoms with E-state index in [1.807, 2.05) is 13.2 Å². The zero-order chi connectivity index (χ0) is 19.0. The maximum atomic E-state index is 12.7. The van der Waals surface area contributed by atoms with E-state index in [0.29, 0.717) is 6.42 Å². The summed E-state index contributed by atoms with van der Waals surface area (Å²) in [5, 5.41) is 3.08. The highest BCUT2D eigenvalue weighted by Crippen LogP contribution is 2.18. The first-order valence-electron chi connectivity index (χ1n) is 9.30. The summed E-state index contributed by atoms with van der Waals surface area (Å²) < 4.78 is 28.0. The lowest BCUT2D eigenvalue weighted by atomic mass is 10.1. The van der Waals surface area contributed by atoms with Gasteiger partial charge in [0.1, 0.15) is 6.04 Å². The fraction of sp³-hybridized carbons (Fsp3) is 0.632. The molecular formula is C19H30N2O3S2. The van der Waals surface area contributed by atoms with Crippen LogP contribution in [0.1, 0.15) is 50.5 Å². The van der Waals surface area contributed by atoms with Crippen molar-refractivity contribution in [1.29, 1.82) is 0 Å². The standard InChI is InChI=1S/C19H30N2O3S2/c1-15-9-11-17(12-10-15)26(23,24)21-18(13-14-25-2)19(22)20-16-7-5-3-4-6-8-16/h9-12,16,18,21H,3-8,13-14H2,1-2H3,(H,20,22)/t18-/m0/s1. The van der Waals surface area contributed by atoms with Gasteiger partial charge in [-0.1, -0.05) is 43.4 Å². The van der Waals surface area contributed by atoms with E-state index in [4.69, 9.17) is 0 Å². The van der Waals surface area contributed by atoms with Gasteiger partial charge in [-0.3, -0.25) is 4.79 Å². The van der Waals surface area contributed by atoms with Gasteiger partial charge in [0.25, 0.3) is 0 Å². The molecule has 0 spiro atoms. The van der Waals surface area contributed by atoms with Crippen molar-refractivity contribution in [3.8, 4) is 0 Å². The van der Waals surface area contributed by atoms with Gasteiger partial charge in [-0.25, -0.2) is 8.42 Å². The van der Waals surface area contributed by atoms with Crippen molar-refractivity contribution in [1.82, 2.24) is 10.0 Å². The highest BCUT2D eigenvalue weighted by Gasteiger charge is 2.27. The van der Waals surface area contributed by atoms with E-state index in [1.165, 1.54) is 12.8 Å². The van der Waals surface area contributed by atoms with E-state index in [-0.39, 0.29) is 16.8 Å². The quantitative estimate of drug-likeness (QED) is 0.659. The molecule has 0 aliphatic heterocycles. The highest BCUT2D eigenvalue weighted by molar-refractivity contribution is 7.98. The fourth-order valence-corrected chi connectivity index (χ4v) is 4.88. The Kier molecular flexibility index (Phi) is 8.44. The molecule has 0 aromatic heterocycles. The molecule has 1 atom stereocenters. The third-order valence-corrected chi connectivity index (χ3v) is 6.89. The molecule has 1 saturated carbocycles. The molecule has 0 radical (unpaired) electrons. The first kappa shape index (κ1) is 21.3. The average Bonchev–Trinajstić information content (AvgIpc) is 2.87. The van der Waals surface area contributed by atoms with E-state index in [9.17, 15) is 13.2 Å². The maximum absolute atomic E-state index is 12.7. The molecule has 0 heterocycles. The van der Waals surface area contributed by atoms with E-state index in [0.717, 1.165) is 37.0 Å². The van der Waals surface area contributed by atoms with Crippen molar-refractivity contribution < 1.29 is 13.2 Å². The SMILES string of the molecule is CSCC[C@H](NS(=O)(=O)c1ccc(C)cc1)C(=O)NC1CCCCCC1. The summed E-state index contributed by atoms with van der Waals surface area (Å²) in [7, 11) is -3.72. The number of hydrogen-bond donors (Lipinski definition) is 2. The predicted molar refractivity (Wildman–Crippen MR) is 108 cm³/mol. The molecule has 1 aromatic rings. The van der Waals surface area contributed by atoms with Crippen LogP contribution in [0.4, 0.5) is 0 Å². The van der Waals surface area contributed by atoms with Gasteiger partial charge in [0.05, 0.1) is 4.90 Å². The largest absolute Gasteiger partial charge is 0.352 e. The minimum Gasteiger partial charge on any atom is -0.352 e. The first-order chi connectivity index (χ1) is 12.4. The van der Waals surface area contributed by atoms with Gasteiger partial charge >= 0.3 is 0 Å². The maximum Gasteiger partial charge on any atom is 0.241 e. The predicted octanol–water partition coefficient (Wildman–Crippen LogP) is 3.23. The molecule has 0 saturated heterocycles. The Hall–Kier alpha value is -1.05. The van der Waals surface area contributed by atoms with Crippen LogP contribution in [0.25, 0.3) is 0 Å². The molecule has 1 aliphatic carbocycles. The van der Waals surface area contributed by atoms with Gasteiger partial charge in [-0.2, -0.15) is 16.5 Å². The Balaban J connectivity index is 2.07. The van der Waals surface area contributed by atoms with Crippen LogP contribution < -0.4 is 10.0 Å². The summed E-state index contributed by atoms with van der Waals surface area (Å²) in [5.74, 6) is 0.515. The summed E-state index contributed by atoms with van der Waals surface area (Å²) in [6.45, 7) is 1.91. The number of rotatable bonds is 8. The molecule has 5 nitrogen and oxygen atoms in total. The molecular weight excluding hydrogens is 368 g/mol. The second-order valence-corrected chi connectivity index (χ2v) is 9.67. The number of hydrogen-bond acceptors (Lipinski definition) is 4. The topological polar surface area (TPSA) is 75.3 Å². The van der Waals surface area contributed by atoms with Crippen molar-refractivity contribution >= 4 is 27.7 Å². The van der Waals surface area contributed by atoms with Crippen molar-refractivity contribution in [2.45, 2.75) is 68.8 Å². The Bertz CT molecular complexity index is 667. The van der Waals surface area contributed by atoms with Crippen molar-refractivity contribution in [2.24, 2.45) is 0 Å². The second kappa shape index (κ2) is 10.3. The van der Waals surface area contributed by atoms with E-state index >= 15 is 0 Å². The molecule has 1 fully saturated rings. The third kappa shape index (κ3) is 6.59. The van der Waals surface area contributed by atoms with Crippen LogP contribution in [0.3, 0.4) is 0 Å². The molecule has 0 unspecified atom stereocenters. The molecule has 146 valence electrons. The van der Waals surface area contributed by atoms with Gasteiger partial charge < -0.3 is 5.32 Å². The summed E-state index contributed by atoms with van der Waals surface area (Å²) in [6.07, 6.45) is 9.05. The van der Waals surface area contributed by atoms with Gasteiger partial charge in [-0.05, 0) is 50.3 Å². The van der Waals surface area contributed by atoms with Crippen molar-refractivity contribution in [3.05, 3.63) is 29.8 Å². The highest BCUT2D eigenvalue weighted by atomic mass is 32.2. The monoisotopic (exact) mass is 398 g/mol. The lowest BCUT2D eigenvalue weighted by Crippen LogP contribution is -2.49. The smallest absolute Gasteiger partial charge is 0.241 e. The van der Waals surface area contributed by atoms with Crippen LogP contribution in [0.15, 0.2) is 29.2 Å².